The molecule has 0 aliphatic carbocycles. The molecule has 1 nitrogen and oxygen atoms in total. The summed E-state index contributed by atoms with van der Waals surface area (Å²) < 4.78 is 4.98. The second-order valence-corrected chi connectivity index (χ2v) is 3.82. The molecule has 3 heteroatoms. The molecule has 0 saturated heterocycles. The monoisotopic (exact) mass is 101 g/mol. The van der Waals surface area contributed by atoms with Gasteiger partial charge in [-0.15, -0.1) is 0 Å². The minimum absolute atomic E-state index is 0.785. The predicted octanol–water partition coefficient (Wildman–Crippen LogP) is 0.235. The molecule has 0 rings (SSSR count). The third-order valence-corrected chi connectivity index (χ3v) is 2.52. The Hall–Kier alpha value is 0.242. The van der Waals surface area contributed by atoms with Gasteiger partial charge < -0.3 is 4.43 Å². The van der Waals surface area contributed by atoms with E-state index in [0.717, 1.165) is 0 Å². The Labute approximate surface area is 41.6 Å². The largest absolute Gasteiger partial charge is 0.432 e. The van der Waals surface area contributed by atoms with Crippen LogP contribution >= 0.6 is 0 Å². The molecule has 0 amide bonds. The van der Waals surface area contributed by atoms with Gasteiger partial charge in [0.15, 0.2) is 0 Å². The van der Waals surface area contributed by atoms with E-state index in [9.17, 15) is 0 Å². The van der Waals surface area contributed by atoms with Gasteiger partial charge in [0.1, 0.15) is 15.8 Å². The van der Waals surface area contributed by atoms with Crippen molar-refractivity contribution in [3.05, 3.63) is 0 Å². The zero-order valence-corrected chi connectivity index (χ0v) is 5.72. The maximum atomic E-state index is 4.98. The van der Waals surface area contributed by atoms with E-state index in [1.165, 1.54) is 0 Å². The van der Waals surface area contributed by atoms with Crippen LogP contribution in [0.2, 0.25) is 13.4 Å². The van der Waals surface area contributed by atoms with Gasteiger partial charge in [0.2, 0.25) is 0 Å². The summed E-state index contributed by atoms with van der Waals surface area (Å²) in [6, 6.07) is 0. The van der Waals surface area contributed by atoms with Crippen LogP contribution in [0.15, 0.2) is 0 Å². The van der Waals surface area contributed by atoms with Crippen molar-refractivity contribution in [3.63, 3.8) is 0 Å². The van der Waals surface area contributed by atoms with E-state index in [2.05, 4.69) is 13.4 Å². The van der Waals surface area contributed by atoms with E-state index in [1.54, 1.807) is 7.11 Å². The summed E-state index contributed by atoms with van der Waals surface area (Å²) in [5.74, 6) is 0. The molecule has 0 saturated carbocycles. The molecule has 0 heterocycles. The van der Waals surface area contributed by atoms with Crippen LogP contribution < -0.4 is 0 Å². The molecule has 0 fully saturated rings. The minimum atomic E-state index is -0.785. The SMILES string of the molecule is C[B][SiH](C)OC. The zero-order valence-electron chi connectivity index (χ0n) is 4.56. The lowest BCUT2D eigenvalue weighted by molar-refractivity contribution is 0.439. The van der Waals surface area contributed by atoms with Crippen molar-refractivity contribution in [3.8, 4) is 0 Å². The van der Waals surface area contributed by atoms with Gasteiger partial charge in [-0.1, -0.05) is 13.4 Å². The molecule has 0 aliphatic heterocycles. The van der Waals surface area contributed by atoms with Gasteiger partial charge in [-0.2, -0.15) is 0 Å². The summed E-state index contributed by atoms with van der Waals surface area (Å²) in [6.45, 7) is 6.32. The highest BCUT2D eigenvalue weighted by Gasteiger charge is 1.94. The van der Waals surface area contributed by atoms with E-state index >= 15 is 0 Å². The maximum absolute atomic E-state index is 4.98. The second kappa shape index (κ2) is 3.43. The fraction of sp³-hybridized carbons (Fsp3) is 1.00. The summed E-state index contributed by atoms with van der Waals surface area (Å²) in [7, 11) is 0.975. The van der Waals surface area contributed by atoms with Crippen LogP contribution in [0.1, 0.15) is 0 Å². The maximum Gasteiger partial charge on any atom is 0.132 e. The van der Waals surface area contributed by atoms with Crippen molar-refractivity contribution in [1.82, 2.24) is 0 Å². The third-order valence-electron chi connectivity index (χ3n) is 0.841. The Balaban J connectivity index is 2.75. The van der Waals surface area contributed by atoms with Crippen LogP contribution in [0.3, 0.4) is 0 Å². The van der Waals surface area contributed by atoms with Crippen LogP contribution in [0.4, 0.5) is 0 Å². The first-order chi connectivity index (χ1) is 2.81. The van der Waals surface area contributed by atoms with Crippen LogP contribution in [0, 0.1) is 0 Å². The smallest absolute Gasteiger partial charge is 0.132 e. The van der Waals surface area contributed by atoms with Crippen molar-refractivity contribution < 1.29 is 4.43 Å². The first-order valence-corrected chi connectivity index (χ1v) is 4.42. The van der Waals surface area contributed by atoms with E-state index < -0.39 is 8.91 Å². The molecule has 0 bridgehead atoms. The Morgan fingerprint density at radius 2 is 2.17 bits per heavy atom. The van der Waals surface area contributed by atoms with Gasteiger partial charge >= 0.3 is 0 Å². The van der Waals surface area contributed by atoms with Crippen molar-refractivity contribution >= 4 is 15.8 Å². The van der Waals surface area contributed by atoms with Crippen molar-refractivity contribution in [2.75, 3.05) is 7.11 Å². The Morgan fingerprint density at radius 1 is 1.67 bits per heavy atom. The first kappa shape index (κ1) is 6.24. The zero-order chi connectivity index (χ0) is 4.99. The molecule has 0 aliphatic rings. The standard InChI is InChI=1S/C3H10BOSi/c1-4-6(3)5-2/h6H,1-3H3. The fourth-order valence-electron chi connectivity index (χ4n) is 0.136. The first-order valence-electron chi connectivity index (χ1n) is 2.13. The van der Waals surface area contributed by atoms with Crippen LogP contribution in [0.5, 0.6) is 0 Å². The topological polar surface area (TPSA) is 9.23 Å². The van der Waals surface area contributed by atoms with Crippen LogP contribution in [0.25, 0.3) is 0 Å². The molecule has 0 spiro atoms. The molecule has 0 aromatic carbocycles. The van der Waals surface area contributed by atoms with E-state index in [1.807, 2.05) is 6.82 Å². The van der Waals surface area contributed by atoms with Gasteiger partial charge in [-0.25, -0.2) is 0 Å². The lowest BCUT2D eigenvalue weighted by Crippen LogP contribution is -2.16. The van der Waals surface area contributed by atoms with Crippen molar-refractivity contribution in [2.24, 2.45) is 0 Å². The molecule has 6 heavy (non-hydrogen) atoms. The van der Waals surface area contributed by atoms with Crippen molar-refractivity contribution in [1.29, 1.82) is 0 Å². The summed E-state index contributed by atoms with van der Waals surface area (Å²) >= 11 is 0. The molecule has 1 atom stereocenters. The quantitative estimate of drug-likeness (QED) is 0.452. The van der Waals surface area contributed by atoms with Gasteiger partial charge in [0.05, 0.1) is 0 Å². The molecule has 35 valence electrons. The molecule has 1 radical (unpaired) electrons. The highest BCUT2D eigenvalue weighted by atomic mass is 28.3. The predicted molar refractivity (Wildman–Crippen MR) is 31.6 cm³/mol. The molecule has 0 N–H and O–H groups in total. The summed E-state index contributed by atoms with van der Waals surface area (Å²) in [4.78, 5) is 0. The van der Waals surface area contributed by atoms with Crippen molar-refractivity contribution in [2.45, 2.75) is 13.4 Å². The molecule has 1 unspecified atom stereocenters. The highest BCUT2D eigenvalue weighted by molar-refractivity contribution is 7.07. The normalized spacial score (nSPS) is 13.8. The molecule has 0 aromatic heterocycles. The summed E-state index contributed by atoms with van der Waals surface area (Å²) in [5, 5.41) is 0. The van der Waals surface area contributed by atoms with Gasteiger partial charge in [-0.3, -0.25) is 0 Å². The Kier molecular flexibility index (Phi) is 3.57. The number of hydrogen-bond donors (Lipinski definition) is 0. The second-order valence-electron chi connectivity index (χ2n) is 1.27. The van der Waals surface area contributed by atoms with Gasteiger partial charge in [0.25, 0.3) is 0 Å². The molecular weight excluding hydrogens is 90.9 g/mol. The number of rotatable bonds is 2. The lowest BCUT2D eigenvalue weighted by atomic mass is 10.2. The fourth-order valence-corrected chi connectivity index (χ4v) is 0.408. The Morgan fingerprint density at radius 3 is 2.17 bits per heavy atom. The average Bonchev–Trinajstić information content (AvgIpc) is 1.65. The Bertz CT molecular complexity index is 30.0. The van der Waals surface area contributed by atoms with Crippen LogP contribution in [-0.2, 0) is 4.43 Å². The molecule has 0 aromatic rings. The van der Waals surface area contributed by atoms with Crippen LogP contribution in [-0.4, -0.2) is 22.9 Å². The molecular formula is C3H10BOSi. The van der Waals surface area contributed by atoms with Gasteiger partial charge in [0, 0.05) is 7.11 Å². The van der Waals surface area contributed by atoms with E-state index in [4.69, 9.17) is 4.43 Å². The van der Waals surface area contributed by atoms with E-state index in [0.29, 0.717) is 0 Å². The van der Waals surface area contributed by atoms with Gasteiger partial charge in [-0.05, 0) is 0 Å². The third kappa shape index (κ3) is 2.48. The number of hydrogen-bond acceptors (Lipinski definition) is 1. The highest BCUT2D eigenvalue weighted by Crippen LogP contribution is 1.74. The summed E-state index contributed by atoms with van der Waals surface area (Å²) in [6.07, 6.45) is 0. The van der Waals surface area contributed by atoms with E-state index in [-0.39, 0.29) is 0 Å². The lowest BCUT2D eigenvalue weighted by Gasteiger charge is -1.98. The minimum Gasteiger partial charge on any atom is -0.432 e. The average molecular weight is 101 g/mol. The summed E-state index contributed by atoms with van der Waals surface area (Å²) in [5.41, 5.74) is 0.